The maximum atomic E-state index is 10.9. The zero-order valence-electron chi connectivity index (χ0n) is 9.64. The van der Waals surface area contributed by atoms with Crippen LogP contribution < -0.4 is 22.1 Å². The molecule has 6 N–H and O–H groups in total. The molecule has 0 saturated heterocycles. The summed E-state index contributed by atoms with van der Waals surface area (Å²) in [5, 5.41) is 0. The largest absolute Gasteiger partial charge is 0.398 e. The molecule has 0 aliphatic rings. The Balaban J connectivity index is 2.98. The van der Waals surface area contributed by atoms with E-state index in [1.165, 1.54) is 4.90 Å². The molecule has 0 unspecified atom stereocenters. The second-order valence-corrected chi connectivity index (χ2v) is 3.83. The van der Waals surface area contributed by atoms with Crippen LogP contribution in [0, 0.1) is 6.92 Å². The number of anilines is 2. The number of carbonyl (C=O) groups excluding carboxylic acids is 2. The van der Waals surface area contributed by atoms with Crippen molar-refractivity contribution in [2.75, 3.05) is 23.7 Å². The predicted molar refractivity (Wildman–Crippen MR) is 66.2 cm³/mol. The third-order valence-electron chi connectivity index (χ3n) is 2.32. The lowest BCUT2D eigenvalue weighted by molar-refractivity contribution is -0.117. The number of amides is 2. The first-order chi connectivity index (χ1) is 7.90. The summed E-state index contributed by atoms with van der Waals surface area (Å²) in [6.45, 7) is 1.71. The standard InChI is InChI=1S/C11H16N4O2/c1-7-2-3-8(4-9(7)12)15(5-10(13)16)6-11(14)17/h2-4H,5-6,12H2,1H3,(H2,13,16)(H2,14,17). The molecule has 0 fully saturated rings. The summed E-state index contributed by atoms with van der Waals surface area (Å²) in [4.78, 5) is 23.3. The first kappa shape index (κ1) is 12.8. The van der Waals surface area contributed by atoms with Crippen LogP contribution in [0.2, 0.25) is 0 Å². The average Bonchev–Trinajstić information content (AvgIpc) is 2.19. The molecule has 0 aliphatic carbocycles. The third kappa shape index (κ3) is 3.67. The van der Waals surface area contributed by atoms with Gasteiger partial charge in [-0.1, -0.05) is 6.07 Å². The number of rotatable bonds is 5. The van der Waals surface area contributed by atoms with Gasteiger partial charge in [0.05, 0.1) is 13.1 Å². The molecule has 2 amide bonds. The highest BCUT2D eigenvalue weighted by Crippen LogP contribution is 2.20. The van der Waals surface area contributed by atoms with Crippen LogP contribution in [0.4, 0.5) is 11.4 Å². The molecular formula is C11H16N4O2. The minimum atomic E-state index is -0.537. The number of hydrogen-bond donors (Lipinski definition) is 3. The zero-order chi connectivity index (χ0) is 13.0. The van der Waals surface area contributed by atoms with Gasteiger partial charge in [-0.3, -0.25) is 9.59 Å². The number of aryl methyl sites for hydroxylation is 1. The molecule has 17 heavy (non-hydrogen) atoms. The monoisotopic (exact) mass is 236 g/mol. The van der Waals surface area contributed by atoms with E-state index in [-0.39, 0.29) is 13.1 Å². The lowest BCUT2D eigenvalue weighted by Gasteiger charge is -2.22. The van der Waals surface area contributed by atoms with Gasteiger partial charge in [-0.25, -0.2) is 0 Å². The van der Waals surface area contributed by atoms with Gasteiger partial charge in [0.15, 0.2) is 0 Å². The van der Waals surface area contributed by atoms with E-state index < -0.39 is 11.8 Å². The summed E-state index contributed by atoms with van der Waals surface area (Å²) < 4.78 is 0. The van der Waals surface area contributed by atoms with Gasteiger partial charge in [-0.05, 0) is 24.6 Å². The molecule has 0 aromatic heterocycles. The van der Waals surface area contributed by atoms with Crippen molar-refractivity contribution in [1.29, 1.82) is 0 Å². The lowest BCUT2D eigenvalue weighted by Crippen LogP contribution is -2.39. The Labute approximate surface area is 99.4 Å². The molecule has 0 atom stereocenters. The molecule has 6 nitrogen and oxygen atoms in total. The lowest BCUT2D eigenvalue weighted by atomic mass is 10.1. The third-order valence-corrected chi connectivity index (χ3v) is 2.32. The first-order valence-electron chi connectivity index (χ1n) is 5.08. The minimum Gasteiger partial charge on any atom is -0.398 e. The summed E-state index contributed by atoms with van der Waals surface area (Å²) in [5.74, 6) is -1.07. The molecule has 1 rings (SSSR count). The second kappa shape index (κ2) is 5.20. The SMILES string of the molecule is Cc1ccc(N(CC(N)=O)CC(N)=O)cc1N. The Kier molecular flexibility index (Phi) is 3.92. The van der Waals surface area contributed by atoms with Crippen LogP contribution >= 0.6 is 0 Å². The van der Waals surface area contributed by atoms with E-state index in [0.29, 0.717) is 11.4 Å². The van der Waals surface area contributed by atoms with Gasteiger partial charge in [0, 0.05) is 11.4 Å². The van der Waals surface area contributed by atoms with Crippen LogP contribution in [0.3, 0.4) is 0 Å². The van der Waals surface area contributed by atoms with E-state index in [1.807, 2.05) is 6.92 Å². The number of primary amides is 2. The van der Waals surface area contributed by atoms with Crippen LogP contribution in [0.25, 0.3) is 0 Å². The Morgan fingerprint density at radius 2 is 1.71 bits per heavy atom. The van der Waals surface area contributed by atoms with Gasteiger partial charge in [-0.15, -0.1) is 0 Å². The fraction of sp³-hybridized carbons (Fsp3) is 0.273. The molecule has 0 aliphatic heterocycles. The van der Waals surface area contributed by atoms with Gasteiger partial charge in [-0.2, -0.15) is 0 Å². The summed E-state index contributed by atoms with van der Waals surface area (Å²) >= 11 is 0. The minimum absolute atomic E-state index is 0.0779. The number of benzene rings is 1. The molecule has 1 aromatic rings. The summed E-state index contributed by atoms with van der Waals surface area (Å²) in [7, 11) is 0. The second-order valence-electron chi connectivity index (χ2n) is 3.83. The van der Waals surface area contributed by atoms with Crippen LogP contribution in [0.1, 0.15) is 5.56 Å². The fourth-order valence-electron chi connectivity index (χ4n) is 1.44. The Morgan fingerprint density at radius 3 is 2.12 bits per heavy atom. The number of nitrogen functional groups attached to an aromatic ring is 1. The van der Waals surface area contributed by atoms with E-state index in [0.717, 1.165) is 5.56 Å². The van der Waals surface area contributed by atoms with Gasteiger partial charge < -0.3 is 22.1 Å². The first-order valence-corrected chi connectivity index (χ1v) is 5.08. The quantitative estimate of drug-likeness (QED) is 0.589. The Hall–Kier alpha value is -2.24. The molecule has 0 heterocycles. The van der Waals surface area contributed by atoms with E-state index in [4.69, 9.17) is 17.2 Å². The normalized spacial score (nSPS) is 9.94. The number of nitrogens with zero attached hydrogens (tertiary/aromatic N) is 1. The van der Waals surface area contributed by atoms with Crippen LogP contribution in [0.5, 0.6) is 0 Å². The van der Waals surface area contributed by atoms with E-state index in [2.05, 4.69) is 0 Å². The highest BCUT2D eigenvalue weighted by atomic mass is 16.2. The van der Waals surface area contributed by atoms with Crippen LogP contribution in [-0.4, -0.2) is 24.9 Å². The highest BCUT2D eigenvalue weighted by Gasteiger charge is 2.12. The number of carbonyl (C=O) groups is 2. The summed E-state index contributed by atoms with van der Waals surface area (Å²) in [6.07, 6.45) is 0. The van der Waals surface area contributed by atoms with Gasteiger partial charge in [0.2, 0.25) is 11.8 Å². The van der Waals surface area contributed by atoms with Crippen molar-refractivity contribution < 1.29 is 9.59 Å². The fourth-order valence-corrected chi connectivity index (χ4v) is 1.44. The molecule has 0 bridgehead atoms. The van der Waals surface area contributed by atoms with Gasteiger partial charge in [0.25, 0.3) is 0 Å². The van der Waals surface area contributed by atoms with E-state index in [9.17, 15) is 9.59 Å². The summed E-state index contributed by atoms with van der Waals surface area (Å²) in [6, 6.07) is 5.25. The smallest absolute Gasteiger partial charge is 0.236 e. The molecule has 1 aromatic carbocycles. The van der Waals surface area contributed by atoms with Crippen molar-refractivity contribution >= 4 is 23.2 Å². The van der Waals surface area contributed by atoms with Crippen molar-refractivity contribution in [3.05, 3.63) is 23.8 Å². The molecule has 6 heteroatoms. The van der Waals surface area contributed by atoms with Crippen molar-refractivity contribution in [2.45, 2.75) is 6.92 Å². The van der Waals surface area contributed by atoms with Crippen LogP contribution in [0.15, 0.2) is 18.2 Å². The Morgan fingerprint density at radius 1 is 1.18 bits per heavy atom. The number of hydrogen-bond acceptors (Lipinski definition) is 4. The van der Waals surface area contributed by atoms with E-state index >= 15 is 0 Å². The van der Waals surface area contributed by atoms with Crippen molar-refractivity contribution in [3.8, 4) is 0 Å². The average molecular weight is 236 g/mol. The van der Waals surface area contributed by atoms with Crippen molar-refractivity contribution in [3.63, 3.8) is 0 Å². The zero-order valence-corrected chi connectivity index (χ0v) is 9.64. The van der Waals surface area contributed by atoms with E-state index in [1.54, 1.807) is 18.2 Å². The maximum Gasteiger partial charge on any atom is 0.236 e. The van der Waals surface area contributed by atoms with Crippen molar-refractivity contribution in [2.24, 2.45) is 11.5 Å². The van der Waals surface area contributed by atoms with Crippen molar-refractivity contribution in [1.82, 2.24) is 0 Å². The molecular weight excluding hydrogens is 220 g/mol. The molecule has 0 spiro atoms. The topological polar surface area (TPSA) is 115 Å². The predicted octanol–water partition coefficient (Wildman–Crippen LogP) is -0.646. The highest BCUT2D eigenvalue weighted by molar-refractivity contribution is 5.85. The summed E-state index contributed by atoms with van der Waals surface area (Å²) in [5.41, 5.74) is 18.1. The maximum absolute atomic E-state index is 10.9. The molecule has 0 radical (unpaired) electrons. The van der Waals surface area contributed by atoms with Crippen LogP contribution in [-0.2, 0) is 9.59 Å². The number of nitrogens with two attached hydrogens (primary N) is 3. The molecule has 0 saturated carbocycles. The van der Waals surface area contributed by atoms with Gasteiger partial charge >= 0.3 is 0 Å². The Bertz CT molecular complexity index is 429. The molecule has 92 valence electrons. The van der Waals surface area contributed by atoms with Gasteiger partial charge in [0.1, 0.15) is 0 Å².